The summed E-state index contributed by atoms with van der Waals surface area (Å²) in [5.41, 5.74) is -0.518. The molecule has 164 valence electrons. The Balaban J connectivity index is 1.43. The van der Waals surface area contributed by atoms with E-state index in [1.807, 2.05) is 63.3 Å². The summed E-state index contributed by atoms with van der Waals surface area (Å²) in [6.45, 7) is 6.14. The molecule has 1 aromatic carbocycles. The molecule has 3 heterocycles. The minimum absolute atomic E-state index is 0.0484. The zero-order valence-electron chi connectivity index (χ0n) is 18.1. The Morgan fingerprint density at radius 1 is 1.16 bits per heavy atom. The molecule has 7 heteroatoms. The van der Waals surface area contributed by atoms with E-state index < -0.39 is 35.1 Å². The number of nitrogens with zero attached hydrogens (tertiary/aromatic N) is 1. The second-order valence-corrected chi connectivity index (χ2v) is 10.1. The van der Waals surface area contributed by atoms with Crippen molar-refractivity contribution in [1.82, 2.24) is 15.5 Å². The molecule has 1 spiro atoms. The van der Waals surface area contributed by atoms with Crippen LogP contribution in [-0.4, -0.2) is 51.9 Å². The van der Waals surface area contributed by atoms with Crippen molar-refractivity contribution >= 4 is 17.7 Å². The Morgan fingerprint density at radius 2 is 1.87 bits per heavy atom. The van der Waals surface area contributed by atoms with E-state index in [9.17, 15) is 14.4 Å². The number of ether oxygens (including phenoxy) is 1. The number of carbonyl (C=O) groups excluding carboxylic acids is 3. The maximum Gasteiger partial charge on any atom is 0.246 e. The first-order valence-corrected chi connectivity index (χ1v) is 11.0. The largest absolute Gasteiger partial charge is 0.359 e. The molecular formula is C24H29N3O4. The smallest absolute Gasteiger partial charge is 0.246 e. The highest BCUT2D eigenvalue weighted by atomic mass is 16.5. The molecule has 4 aliphatic rings. The predicted octanol–water partition coefficient (Wildman–Crippen LogP) is 1.53. The van der Waals surface area contributed by atoms with E-state index in [1.54, 1.807) is 4.90 Å². The fourth-order valence-corrected chi connectivity index (χ4v) is 5.29. The maximum absolute atomic E-state index is 13.6. The second-order valence-electron chi connectivity index (χ2n) is 10.1. The van der Waals surface area contributed by atoms with Crippen molar-refractivity contribution in [3.63, 3.8) is 0 Å². The standard InChI is InChI=1S/C24H29N3O4/c1-23(2,3)26-21(29)19-24-12-11-16(31-24)17(18(24)22(30)27(19)15-9-10-15)20(28)25-13-14-7-5-4-6-8-14/h4-8,11-12,15-19H,9-10,13H2,1-3H3,(H,25,28)(H,26,29)/t16-,17-,18+,19+,24-/m0/s1. The van der Waals surface area contributed by atoms with Gasteiger partial charge in [0.05, 0.1) is 17.9 Å². The summed E-state index contributed by atoms with van der Waals surface area (Å²) >= 11 is 0. The van der Waals surface area contributed by atoms with Crippen LogP contribution >= 0.6 is 0 Å². The lowest BCUT2D eigenvalue weighted by Crippen LogP contribution is -2.58. The lowest BCUT2D eigenvalue weighted by Gasteiger charge is -2.34. The molecule has 5 rings (SSSR count). The van der Waals surface area contributed by atoms with Crippen LogP contribution in [0.25, 0.3) is 0 Å². The van der Waals surface area contributed by atoms with Crippen LogP contribution in [0.4, 0.5) is 0 Å². The topological polar surface area (TPSA) is 87.7 Å². The van der Waals surface area contributed by atoms with Gasteiger partial charge in [0.1, 0.15) is 11.6 Å². The Hall–Kier alpha value is -2.67. The number of fused-ring (bicyclic) bond motifs is 1. The number of hydrogen-bond acceptors (Lipinski definition) is 4. The van der Waals surface area contributed by atoms with Crippen molar-refractivity contribution in [1.29, 1.82) is 0 Å². The van der Waals surface area contributed by atoms with E-state index in [1.165, 1.54) is 0 Å². The van der Waals surface area contributed by atoms with Gasteiger partial charge >= 0.3 is 0 Å². The Bertz CT molecular complexity index is 949. The Labute approximate surface area is 182 Å². The highest BCUT2D eigenvalue weighted by Gasteiger charge is 2.74. The van der Waals surface area contributed by atoms with Crippen LogP contribution in [0.2, 0.25) is 0 Å². The number of benzene rings is 1. The number of carbonyl (C=O) groups is 3. The molecule has 0 radical (unpaired) electrons. The van der Waals surface area contributed by atoms with Gasteiger partial charge in [-0.1, -0.05) is 42.5 Å². The monoisotopic (exact) mass is 423 g/mol. The highest BCUT2D eigenvalue weighted by Crippen LogP contribution is 2.57. The fourth-order valence-electron chi connectivity index (χ4n) is 5.29. The van der Waals surface area contributed by atoms with Gasteiger partial charge in [0.25, 0.3) is 0 Å². The Morgan fingerprint density at radius 3 is 2.52 bits per heavy atom. The molecule has 5 atom stereocenters. The molecule has 3 amide bonds. The summed E-state index contributed by atoms with van der Waals surface area (Å²) in [4.78, 5) is 41.8. The van der Waals surface area contributed by atoms with Gasteiger partial charge in [-0.3, -0.25) is 14.4 Å². The second kappa shape index (κ2) is 6.92. The van der Waals surface area contributed by atoms with Gasteiger partial charge in [-0.2, -0.15) is 0 Å². The predicted molar refractivity (Wildman–Crippen MR) is 114 cm³/mol. The number of hydrogen-bond donors (Lipinski definition) is 2. The minimum atomic E-state index is -1.07. The molecule has 7 nitrogen and oxygen atoms in total. The Kier molecular flexibility index (Phi) is 4.52. The molecule has 1 aliphatic carbocycles. The molecule has 3 aliphatic heterocycles. The molecule has 31 heavy (non-hydrogen) atoms. The molecule has 1 saturated carbocycles. The lowest BCUT2D eigenvalue weighted by molar-refractivity contribution is -0.143. The van der Waals surface area contributed by atoms with Crippen molar-refractivity contribution in [3.05, 3.63) is 48.0 Å². The van der Waals surface area contributed by atoms with Crippen molar-refractivity contribution in [2.75, 3.05) is 0 Å². The third-order valence-electron chi connectivity index (χ3n) is 6.61. The van der Waals surface area contributed by atoms with E-state index in [0.717, 1.165) is 18.4 Å². The number of nitrogens with one attached hydrogen (secondary N) is 2. The zero-order chi connectivity index (χ0) is 22.0. The fraction of sp³-hybridized carbons (Fsp3) is 0.542. The summed E-state index contributed by atoms with van der Waals surface area (Å²) in [7, 11) is 0. The first-order chi connectivity index (χ1) is 14.7. The van der Waals surface area contributed by atoms with Crippen molar-refractivity contribution in [3.8, 4) is 0 Å². The quantitative estimate of drug-likeness (QED) is 0.703. The van der Waals surface area contributed by atoms with E-state index in [2.05, 4.69) is 10.6 Å². The first kappa shape index (κ1) is 20.2. The average Bonchev–Trinajstić information content (AvgIpc) is 3.31. The third kappa shape index (κ3) is 3.26. The molecule has 3 fully saturated rings. The van der Waals surface area contributed by atoms with Crippen molar-refractivity contribution in [2.24, 2.45) is 11.8 Å². The van der Waals surface area contributed by atoms with Gasteiger partial charge in [-0.05, 0) is 39.2 Å². The van der Waals surface area contributed by atoms with Gasteiger partial charge in [-0.25, -0.2) is 0 Å². The van der Waals surface area contributed by atoms with Crippen LogP contribution in [0.5, 0.6) is 0 Å². The van der Waals surface area contributed by atoms with E-state index in [0.29, 0.717) is 6.54 Å². The number of likely N-dealkylation sites (tertiary alicyclic amines) is 1. The molecule has 0 unspecified atom stereocenters. The summed E-state index contributed by atoms with van der Waals surface area (Å²) in [6.07, 6.45) is 4.98. The number of amides is 3. The maximum atomic E-state index is 13.6. The normalized spacial score (nSPS) is 33.5. The summed E-state index contributed by atoms with van der Waals surface area (Å²) in [6, 6.07) is 8.97. The van der Waals surface area contributed by atoms with Gasteiger partial charge < -0.3 is 20.3 Å². The van der Waals surface area contributed by atoms with Crippen LogP contribution in [-0.2, 0) is 25.7 Å². The van der Waals surface area contributed by atoms with Gasteiger partial charge in [0.15, 0.2) is 0 Å². The highest BCUT2D eigenvalue weighted by molar-refractivity contribution is 6.00. The summed E-state index contributed by atoms with van der Waals surface area (Å²) in [5.74, 6) is -1.86. The number of rotatable bonds is 5. The van der Waals surface area contributed by atoms with E-state index in [-0.39, 0.29) is 23.8 Å². The third-order valence-corrected chi connectivity index (χ3v) is 6.61. The molecule has 2 saturated heterocycles. The van der Waals surface area contributed by atoms with Crippen LogP contribution in [0, 0.1) is 11.8 Å². The molecule has 2 N–H and O–H groups in total. The van der Waals surface area contributed by atoms with Crippen LogP contribution in [0.3, 0.4) is 0 Å². The molecular weight excluding hydrogens is 394 g/mol. The minimum Gasteiger partial charge on any atom is -0.359 e. The van der Waals surface area contributed by atoms with Crippen molar-refractivity contribution in [2.45, 2.75) is 69.5 Å². The molecule has 2 bridgehead atoms. The van der Waals surface area contributed by atoms with Crippen LogP contribution in [0.15, 0.2) is 42.5 Å². The summed E-state index contributed by atoms with van der Waals surface area (Å²) in [5, 5.41) is 6.00. The van der Waals surface area contributed by atoms with Gasteiger partial charge in [0.2, 0.25) is 17.7 Å². The van der Waals surface area contributed by atoms with Gasteiger partial charge in [-0.15, -0.1) is 0 Å². The first-order valence-electron chi connectivity index (χ1n) is 11.0. The van der Waals surface area contributed by atoms with Crippen LogP contribution in [0.1, 0.15) is 39.2 Å². The molecule has 0 aromatic heterocycles. The van der Waals surface area contributed by atoms with Crippen molar-refractivity contribution < 1.29 is 19.1 Å². The lowest BCUT2D eigenvalue weighted by atomic mass is 9.74. The van der Waals surface area contributed by atoms with E-state index in [4.69, 9.17) is 4.74 Å². The SMILES string of the molecule is CC(C)(C)NC(=O)[C@H]1N(C2CC2)C(=O)[C@H]2[C@@H](C(=O)NCc3ccccc3)[C@@H]3C=C[C@]21O3. The zero-order valence-corrected chi connectivity index (χ0v) is 18.1. The van der Waals surface area contributed by atoms with Gasteiger partial charge in [0, 0.05) is 18.1 Å². The average molecular weight is 424 g/mol. The summed E-state index contributed by atoms with van der Waals surface area (Å²) < 4.78 is 6.30. The van der Waals surface area contributed by atoms with Crippen LogP contribution < -0.4 is 10.6 Å². The molecule has 1 aromatic rings. The van der Waals surface area contributed by atoms with E-state index >= 15 is 0 Å².